The number of aliphatic carboxylic acids is 1. The SMILES string of the molecule is CCCCC[N+]1=C(/C=C/C2=C(c3ccc(CCC(=O)N[C@@H](CCCCNC(=O)C(C)[18F])C(=O)C[C@@H](CC(=O)O)C(=O)N[C@@H](C)C(=O)NCCCCOc4cc(CN(Cc5ccccn5)Cc5ccccn5)cc(CN(Cc5ccccn5)Cc5ccccn5)c4)cc3)C(=C/C=C3/N(CCCC)c4ccc(OC)cc4C3(C)C)/CCC2)C(C)(C)c2cc(OC)ccc21.O=C=O.O=S(=O)=O.[Zn+2].[Zn+2]. The summed E-state index contributed by atoms with van der Waals surface area (Å²) in [6.07, 6.45) is 24.0. The number of nitrogens with zero attached hydrogens (tertiary/aromatic N) is 8. The van der Waals surface area contributed by atoms with Crippen molar-refractivity contribution in [1.82, 2.24) is 51.0 Å². The average molecular weight is 1970 g/mol. The van der Waals surface area contributed by atoms with E-state index in [4.69, 9.17) is 36.4 Å². The van der Waals surface area contributed by atoms with E-state index in [1.165, 1.54) is 57.6 Å². The summed E-state index contributed by atoms with van der Waals surface area (Å²) in [5.74, 6) is -3.50. The molecule has 0 saturated heterocycles. The number of Topliss-reactive ketones (excluding diaryl/α,β-unsaturated/α-hetero) is 1. The number of carboxylic acids is 1. The number of fused-ring (bicyclic) bond motifs is 2. The number of rotatable bonds is 49. The van der Waals surface area contributed by atoms with E-state index in [0.717, 1.165) is 128 Å². The number of halogens is 1. The van der Waals surface area contributed by atoms with Gasteiger partial charge in [0.1, 0.15) is 29.8 Å². The maximum atomic E-state index is 14.6. The van der Waals surface area contributed by atoms with Crippen LogP contribution in [0.15, 0.2) is 218 Å². The number of benzene rings is 4. The number of ketones is 1. The van der Waals surface area contributed by atoms with Gasteiger partial charge in [-0.05, 0) is 240 Å². The Labute approximate surface area is 820 Å². The fourth-order valence-corrected chi connectivity index (χ4v) is 17.1. The standard InChI is InChI=1S/C103H127FN12O10.CO2.O3S.2Zn/c1-11-13-26-57-116-92-46-44-86(125-10)65-89(92)103(7,8)95(116)48-42-78-30-28-29-77(41-47-94-102(5,6)88-64-85(124-9)43-45-91(88)115(94)56-14-12-2)98(78)79-39-36-74(37-40-79)38-49-96(118)112-90(35-19-24-54-109-99(121)72(3)104)93(117)62-80(63-97(119)120)101(123)111-73(4)100(122)110-55-25-27-58-126-87-60-75(66-113(68-81-31-15-20-50-105-81)69-82-32-16-21-51-106-82)59-76(61-87)67-114(70-83-33-17-22-52-107-83)71-84-34-18-23-53-108-84;2-1-3;1-4(2)3;;/h15-18,20-23,31-34,36-37,39-48,50-53,59-61,64-65,72-73,80,90H,11-14,19,24-30,35,38,49,54-58,62-63,66-71H2,1-10H3,(H4-,109,110,111,112,118,119,120,121,122,123);;;;/q;;;2*+2/p+1/t72?,73-,80-,90-;;;;/m0..../s1/i104-1;;;;. The Hall–Kier alpha value is -11.6. The van der Waals surface area contributed by atoms with E-state index in [-0.39, 0.29) is 81.9 Å². The van der Waals surface area contributed by atoms with Crippen molar-refractivity contribution in [2.75, 3.05) is 51.9 Å². The van der Waals surface area contributed by atoms with Crippen LogP contribution in [0.2, 0.25) is 0 Å². The van der Waals surface area contributed by atoms with Crippen LogP contribution in [0.4, 0.5) is 15.8 Å². The van der Waals surface area contributed by atoms with Crippen LogP contribution in [0.1, 0.15) is 214 Å². The third-order valence-corrected chi connectivity index (χ3v) is 23.9. The molecule has 0 radical (unpaired) electrons. The number of carbonyl (C=O) groups excluding carboxylic acids is 7. The van der Waals surface area contributed by atoms with E-state index in [1.54, 1.807) is 39.0 Å². The Kier molecular flexibility index (Phi) is 46.4. The molecule has 27 nitrogen and oxygen atoms in total. The van der Waals surface area contributed by atoms with E-state index in [2.05, 4.69) is 199 Å². The molecule has 2 aliphatic heterocycles. The molecule has 0 bridgehead atoms. The van der Waals surface area contributed by atoms with Gasteiger partial charge < -0.3 is 45.5 Å². The Morgan fingerprint density at radius 1 is 0.593 bits per heavy atom. The number of anilines is 1. The molecule has 0 fully saturated rings. The first-order valence-corrected chi connectivity index (χ1v) is 46.9. The maximum Gasteiger partial charge on any atom is 2.00 e. The topological polar surface area (TPSA) is 348 Å². The molecule has 3 aliphatic rings. The van der Waals surface area contributed by atoms with Gasteiger partial charge in [-0.1, -0.05) is 107 Å². The van der Waals surface area contributed by atoms with Gasteiger partial charge in [-0.15, -0.1) is 12.6 Å². The van der Waals surface area contributed by atoms with Crippen molar-refractivity contribution < 1.29 is 118 Å². The molecule has 5 N–H and O–H groups in total. The number of methoxy groups -OCH3 is 2. The summed E-state index contributed by atoms with van der Waals surface area (Å²) in [7, 11) is 0.320. The molecule has 31 heteroatoms. The van der Waals surface area contributed by atoms with Crippen LogP contribution in [-0.4, -0.2) is 165 Å². The predicted octanol–water partition coefficient (Wildman–Crippen LogP) is 15.9. The number of hydrogen-bond donors (Lipinski definition) is 5. The Morgan fingerprint density at radius 2 is 1.13 bits per heavy atom. The zero-order chi connectivity index (χ0) is 95.8. The van der Waals surface area contributed by atoms with E-state index in [9.17, 15) is 38.3 Å². The fourth-order valence-electron chi connectivity index (χ4n) is 17.1. The zero-order valence-electron chi connectivity index (χ0n) is 79.6. The van der Waals surface area contributed by atoms with Crippen molar-refractivity contribution in [3.05, 3.63) is 274 Å². The second-order valence-electron chi connectivity index (χ2n) is 34.7. The molecule has 0 saturated carbocycles. The zero-order valence-corrected chi connectivity index (χ0v) is 86.4. The smallest absolute Gasteiger partial charge is 0.497 e. The second kappa shape index (κ2) is 56.7. The molecular formula is C104H128FN12O15SZn2+5. The first-order chi connectivity index (χ1) is 64.0. The van der Waals surface area contributed by atoms with Gasteiger partial charge in [0, 0.05) is 137 Å². The molecule has 135 heavy (non-hydrogen) atoms. The fraction of sp³-hybridized carbons (Fsp3) is 0.423. The minimum absolute atomic E-state index is 0. The number of nitrogens with one attached hydrogen (secondary N) is 4. The van der Waals surface area contributed by atoms with Crippen molar-refractivity contribution in [1.29, 1.82) is 0 Å². The number of aromatic nitrogens is 4. The van der Waals surface area contributed by atoms with E-state index in [0.29, 0.717) is 83.7 Å². The van der Waals surface area contributed by atoms with Crippen molar-refractivity contribution >= 4 is 74.8 Å². The van der Waals surface area contributed by atoms with Crippen LogP contribution in [0.3, 0.4) is 0 Å². The molecule has 0 spiro atoms. The largest absolute Gasteiger partial charge is 2.00 e. The van der Waals surface area contributed by atoms with Crippen LogP contribution in [0, 0.1) is 5.92 Å². The minimum atomic E-state index is -3.11. The van der Waals surface area contributed by atoms with Crippen molar-refractivity contribution in [2.45, 2.75) is 233 Å². The van der Waals surface area contributed by atoms with Gasteiger partial charge in [0.2, 0.25) is 23.4 Å². The van der Waals surface area contributed by atoms with Gasteiger partial charge in [-0.2, -0.15) is 14.2 Å². The molecule has 8 aromatic rings. The number of allylic oxidation sites excluding steroid dienone is 8. The van der Waals surface area contributed by atoms with Crippen LogP contribution in [-0.2, 0) is 144 Å². The molecule has 4 aromatic heterocycles. The first kappa shape index (κ1) is 110. The number of unbranched alkanes of at least 4 members (excludes halogenated alkanes) is 5. The van der Waals surface area contributed by atoms with Gasteiger partial charge in [-0.25, -0.2) is 4.39 Å². The number of ether oxygens (including phenoxy) is 3. The summed E-state index contributed by atoms with van der Waals surface area (Å²) in [4.78, 5) is 123. The molecule has 11 rings (SSSR count). The molecule has 4 atom stereocenters. The van der Waals surface area contributed by atoms with Crippen LogP contribution >= 0.6 is 0 Å². The van der Waals surface area contributed by atoms with Gasteiger partial charge >= 0.3 is 61.7 Å². The minimum Gasteiger partial charge on any atom is -0.497 e. The molecule has 4 aromatic carbocycles. The van der Waals surface area contributed by atoms with Crippen LogP contribution in [0.5, 0.6) is 17.2 Å². The van der Waals surface area contributed by atoms with E-state index in [1.807, 2.05) is 78.9 Å². The summed E-state index contributed by atoms with van der Waals surface area (Å²) in [6.45, 7) is 22.2. The number of carbonyl (C=O) groups is 6. The quantitative estimate of drug-likeness (QED) is 0.0134. The number of hydrogen-bond acceptors (Lipinski definition) is 21. The van der Waals surface area contributed by atoms with Crippen molar-refractivity contribution in [3.63, 3.8) is 0 Å². The molecule has 4 amide bonds. The third kappa shape index (κ3) is 34.3. The number of pyridine rings is 4. The Bertz CT molecular complexity index is 5340. The van der Waals surface area contributed by atoms with Crippen molar-refractivity contribution in [2.24, 2.45) is 5.92 Å². The molecule has 1 aliphatic carbocycles. The van der Waals surface area contributed by atoms with Gasteiger partial charge in [0.05, 0.1) is 67.4 Å². The van der Waals surface area contributed by atoms with Gasteiger partial charge in [0.15, 0.2) is 17.7 Å². The van der Waals surface area contributed by atoms with Crippen molar-refractivity contribution in [3.8, 4) is 17.2 Å². The second-order valence-corrected chi connectivity index (χ2v) is 35.1. The summed E-state index contributed by atoms with van der Waals surface area (Å²) < 4.78 is 59.8. The summed E-state index contributed by atoms with van der Waals surface area (Å²) in [5.41, 5.74) is 18.0. The average Bonchev–Trinajstić information content (AvgIpc) is 1.59. The maximum absolute atomic E-state index is 14.6. The van der Waals surface area contributed by atoms with E-state index < -0.39 is 83.0 Å². The number of carboxylic acid groups (broad SMARTS) is 1. The van der Waals surface area contributed by atoms with Crippen LogP contribution < -0.4 is 40.4 Å². The van der Waals surface area contributed by atoms with E-state index >= 15 is 0 Å². The molecule has 1 unspecified atom stereocenters. The van der Waals surface area contributed by atoms with Crippen LogP contribution in [0.25, 0.3) is 5.57 Å². The Morgan fingerprint density at radius 3 is 1.66 bits per heavy atom. The number of amides is 4. The molecular weight excluding hydrogens is 1840 g/mol. The number of aryl methyl sites for hydroxylation is 1. The number of alkyl halides is 1. The predicted molar refractivity (Wildman–Crippen MR) is 509 cm³/mol. The monoisotopic (exact) mass is 1960 g/mol. The molecule has 6 heterocycles. The summed E-state index contributed by atoms with van der Waals surface area (Å²) in [5, 5.41) is 21.2. The van der Waals surface area contributed by atoms with Gasteiger partial charge in [-0.3, -0.25) is 58.5 Å². The summed E-state index contributed by atoms with van der Waals surface area (Å²) >= 11 is 0. The normalized spacial score (nSPS) is 14.8. The first-order valence-electron chi connectivity index (χ1n) is 45.9. The Balaban J connectivity index is 0.00000267. The third-order valence-electron chi connectivity index (χ3n) is 23.9. The van der Waals surface area contributed by atoms with Gasteiger partial charge in [0.25, 0.3) is 5.91 Å². The summed E-state index contributed by atoms with van der Waals surface area (Å²) in [6, 6.07) is 49.0. The molecule has 706 valence electrons.